The van der Waals surface area contributed by atoms with Gasteiger partial charge in [-0.05, 0) is 36.1 Å². The van der Waals surface area contributed by atoms with Crippen LogP contribution >= 0.6 is 0 Å². The number of aryl methyl sites for hydroxylation is 1. The minimum absolute atomic E-state index is 0.709. The second-order valence-electron chi connectivity index (χ2n) is 2.95. The molecule has 0 saturated carbocycles. The van der Waals surface area contributed by atoms with Crippen LogP contribution in [0.5, 0.6) is 0 Å². The Bertz CT molecular complexity index is 495. The Morgan fingerprint density at radius 3 is 3.00 bits per heavy atom. The van der Waals surface area contributed by atoms with E-state index in [1.807, 2.05) is 31.2 Å². The van der Waals surface area contributed by atoms with E-state index in [1.54, 1.807) is 6.20 Å². The van der Waals surface area contributed by atoms with Crippen molar-refractivity contribution in [2.24, 2.45) is 0 Å². The monoisotopic (exact) mass is 168 g/mol. The number of hydrogen-bond donors (Lipinski definition) is 0. The molecule has 13 heavy (non-hydrogen) atoms. The van der Waals surface area contributed by atoms with Crippen LogP contribution in [0, 0.1) is 13.5 Å². The van der Waals surface area contributed by atoms with E-state index in [9.17, 15) is 0 Å². The van der Waals surface area contributed by atoms with Crippen molar-refractivity contribution in [3.8, 4) is 0 Å². The number of rotatable bonds is 0. The van der Waals surface area contributed by atoms with Crippen molar-refractivity contribution in [2.75, 3.05) is 0 Å². The molecule has 0 atom stereocenters. The Kier molecular flexibility index (Phi) is 1.71. The number of hydrogen-bond acceptors (Lipinski definition) is 1. The van der Waals surface area contributed by atoms with E-state index in [4.69, 9.17) is 6.57 Å². The molecule has 1 aromatic heterocycles. The first-order chi connectivity index (χ1) is 6.31. The van der Waals surface area contributed by atoms with Crippen LogP contribution in [0.25, 0.3) is 15.7 Å². The summed E-state index contributed by atoms with van der Waals surface area (Å²) in [4.78, 5) is 7.66. The van der Waals surface area contributed by atoms with Gasteiger partial charge in [0.05, 0.1) is 12.1 Å². The Labute approximate surface area is 76.7 Å². The van der Waals surface area contributed by atoms with Crippen molar-refractivity contribution >= 4 is 16.6 Å². The second-order valence-corrected chi connectivity index (χ2v) is 2.95. The maximum absolute atomic E-state index is 6.96. The van der Waals surface area contributed by atoms with Gasteiger partial charge in [-0.25, -0.2) is 4.85 Å². The molecule has 0 fully saturated rings. The molecule has 0 aliphatic rings. The largest absolute Gasteiger partial charge is 0.256 e. The van der Waals surface area contributed by atoms with Crippen LogP contribution in [-0.4, -0.2) is 4.98 Å². The Hall–Kier alpha value is -1.88. The molecule has 2 aromatic rings. The first-order valence-electron chi connectivity index (χ1n) is 4.04. The molecule has 0 aliphatic heterocycles. The van der Waals surface area contributed by atoms with Gasteiger partial charge in [-0.15, -0.1) is 0 Å². The van der Waals surface area contributed by atoms with Gasteiger partial charge in [0.1, 0.15) is 0 Å². The number of aromatic nitrogens is 1. The topological polar surface area (TPSA) is 17.2 Å². The van der Waals surface area contributed by atoms with Gasteiger partial charge in [0, 0.05) is 6.20 Å². The van der Waals surface area contributed by atoms with Gasteiger partial charge in [0.2, 0.25) is 0 Å². The number of fused-ring (bicyclic) bond motifs is 1. The summed E-state index contributed by atoms with van der Waals surface area (Å²) in [7, 11) is 0. The molecule has 0 spiro atoms. The molecule has 0 aliphatic carbocycles. The smallest absolute Gasteiger partial charge is 0.190 e. The van der Waals surface area contributed by atoms with E-state index in [0.717, 1.165) is 16.5 Å². The van der Waals surface area contributed by atoms with E-state index < -0.39 is 0 Å². The summed E-state index contributed by atoms with van der Waals surface area (Å²) in [6.07, 6.45) is 1.76. The molecule has 2 heteroatoms. The van der Waals surface area contributed by atoms with E-state index >= 15 is 0 Å². The third-order valence-electron chi connectivity index (χ3n) is 2.04. The zero-order chi connectivity index (χ0) is 9.26. The number of nitrogens with zero attached hydrogens (tertiary/aromatic N) is 2. The van der Waals surface area contributed by atoms with Crippen molar-refractivity contribution in [3.05, 3.63) is 47.4 Å². The van der Waals surface area contributed by atoms with Crippen molar-refractivity contribution < 1.29 is 0 Å². The molecule has 0 radical (unpaired) electrons. The fourth-order valence-electron chi connectivity index (χ4n) is 1.33. The quantitative estimate of drug-likeness (QED) is 0.552. The molecule has 0 unspecified atom stereocenters. The highest BCUT2D eigenvalue weighted by Crippen LogP contribution is 2.23. The van der Waals surface area contributed by atoms with Gasteiger partial charge in [0.25, 0.3) is 0 Å². The molecule has 62 valence electrons. The predicted molar refractivity (Wildman–Crippen MR) is 52.7 cm³/mol. The minimum Gasteiger partial charge on any atom is -0.256 e. The molecule has 0 N–H and O–H groups in total. The Balaban J connectivity index is 2.83. The van der Waals surface area contributed by atoms with Crippen molar-refractivity contribution in [2.45, 2.75) is 6.92 Å². The highest BCUT2D eigenvalue weighted by Gasteiger charge is 2.00. The summed E-state index contributed by atoms with van der Waals surface area (Å²) < 4.78 is 0. The van der Waals surface area contributed by atoms with Crippen molar-refractivity contribution in [1.29, 1.82) is 0 Å². The summed E-state index contributed by atoms with van der Waals surface area (Å²) in [5, 5.41) is 1.03. The van der Waals surface area contributed by atoms with Crippen molar-refractivity contribution in [1.82, 2.24) is 4.98 Å². The molecule has 0 amide bonds. The SMILES string of the molecule is [C-]#[N+]c1cc2cccnc2cc1C. The first kappa shape index (κ1) is 7.75. The molecule has 2 rings (SSSR count). The van der Waals surface area contributed by atoms with Crippen LogP contribution in [0.3, 0.4) is 0 Å². The van der Waals surface area contributed by atoms with Crippen LogP contribution in [0.1, 0.15) is 5.56 Å². The summed E-state index contributed by atoms with van der Waals surface area (Å²) in [5.41, 5.74) is 2.65. The number of benzene rings is 1. The molecular weight excluding hydrogens is 160 g/mol. The normalized spacial score (nSPS) is 9.85. The van der Waals surface area contributed by atoms with Crippen molar-refractivity contribution in [3.63, 3.8) is 0 Å². The molecule has 0 bridgehead atoms. The predicted octanol–water partition coefficient (Wildman–Crippen LogP) is 3.09. The molecular formula is C11H8N2. The van der Waals surface area contributed by atoms with Crippen LogP contribution in [-0.2, 0) is 0 Å². The van der Waals surface area contributed by atoms with Gasteiger partial charge in [0.15, 0.2) is 5.69 Å². The maximum Gasteiger partial charge on any atom is 0.190 e. The van der Waals surface area contributed by atoms with Gasteiger partial charge in [-0.2, -0.15) is 0 Å². The lowest BCUT2D eigenvalue weighted by molar-refractivity contribution is 1.39. The highest BCUT2D eigenvalue weighted by atomic mass is 14.7. The highest BCUT2D eigenvalue weighted by molar-refractivity contribution is 5.84. The average molecular weight is 168 g/mol. The Morgan fingerprint density at radius 1 is 1.38 bits per heavy atom. The molecule has 1 aromatic carbocycles. The lowest BCUT2D eigenvalue weighted by atomic mass is 10.1. The fourth-order valence-corrected chi connectivity index (χ4v) is 1.33. The Morgan fingerprint density at radius 2 is 2.23 bits per heavy atom. The van der Waals surface area contributed by atoms with E-state index in [1.165, 1.54) is 0 Å². The third-order valence-corrected chi connectivity index (χ3v) is 2.04. The third kappa shape index (κ3) is 1.25. The minimum atomic E-state index is 0.709. The summed E-state index contributed by atoms with van der Waals surface area (Å²) in [6, 6.07) is 7.68. The van der Waals surface area contributed by atoms with E-state index in [-0.39, 0.29) is 0 Å². The molecule has 0 saturated heterocycles. The zero-order valence-corrected chi connectivity index (χ0v) is 7.28. The van der Waals surface area contributed by atoms with Gasteiger partial charge in [-0.3, -0.25) is 4.98 Å². The van der Waals surface area contributed by atoms with E-state index in [0.29, 0.717) is 5.69 Å². The van der Waals surface area contributed by atoms with Gasteiger partial charge >= 0.3 is 0 Å². The lowest BCUT2D eigenvalue weighted by Gasteiger charge is -2.00. The molecule has 2 nitrogen and oxygen atoms in total. The average Bonchev–Trinajstić information content (AvgIpc) is 2.17. The van der Waals surface area contributed by atoms with Crippen LogP contribution in [0.4, 0.5) is 5.69 Å². The summed E-state index contributed by atoms with van der Waals surface area (Å²) in [5.74, 6) is 0. The van der Waals surface area contributed by atoms with Crippen LogP contribution in [0.15, 0.2) is 30.5 Å². The van der Waals surface area contributed by atoms with Crippen LogP contribution in [0.2, 0.25) is 0 Å². The second kappa shape index (κ2) is 2.87. The van der Waals surface area contributed by atoms with Crippen LogP contribution < -0.4 is 0 Å². The van der Waals surface area contributed by atoms with Gasteiger partial charge in [-0.1, -0.05) is 6.07 Å². The summed E-state index contributed by atoms with van der Waals surface area (Å²) in [6.45, 7) is 8.90. The first-order valence-corrected chi connectivity index (χ1v) is 4.04. The summed E-state index contributed by atoms with van der Waals surface area (Å²) >= 11 is 0. The van der Waals surface area contributed by atoms with Gasteiger partial charge < -0.3 is 0 Å². The standard InChI is InChI=1S/C11H8N2/c1-8-6-11-9(4-3-5-13-11)7-10(8)12-2/h3-7H,1H3. The lowest BCUT2D eigenvalue weighted by Crippen LogP contribution is -1.79. The van der Waals surface area contributed by atoms with E-state index in [2.05, 4.69) is 9.83 Å². The maximum atomic E-state index is 6.96. The number of pyridine rings is 1. The zero-order valence-electron chi connectivity index (χ0n) is 7.28. The molecule has 1 heterocycles. The fraction of sp³-hybridized carbons (Fsp3) is 0.0909.